The highest BCUT2D eigenvalue weighted by atomic mass is 32.2. The van der Waals surface area contributed by atoms with Crippen LogP contribution in [0.15, 0.2) is 11.6 Å². The Kier molecular flexibility index (Phi) is 124. The summed E-state index contributed by atoms with van der Waals surface area (Å²) in [6.45, 7) is 55.6. The van der Waals surface area contributed by atoms with Crippen molar-refractivity contribution in [2.75, 3.05) is 86.8 Å². The van der Waals surface area contributed by atoms with Gasteiger partial charge in [0.2, 0.25) is 5.91 Å². The number of methoxy groups -OCH3 is 3. The fraction of sp³-hybridized carbons (Fsp3) is 0.932. The van der Waals surface area contributed by atoms with Gasteiger partial charge in [-0.05, 0) is 111 Å². The molecule has 0 aromatic rings. The molecule has 16 heteroatoms. The Morgan fingerprint density at radius 3 is 1.20 bits per heavy atom. The normalized spacial score (nSPS) is 9.72. The quantitative estimate of drug-likeness (QED) is 0.0434. The number of amides is 1. The number of alkyl halides is 3. The molecule has 0 saturated carbocycles. The van der Waals surface area contributed by atoms with Gasteiger partial charge < -0.3 is 33.9 Å². The predicted molar refractivity (Wildman–Crippen MR) is 324 cm³/mol. The Labute approximate surface area is 468 Å². The number of halogens is 3. The van der Waals surface area contributed by atoms with Gasteiger partial charge in [0.1, 0.15) is 0 Å². The highest BCUT2D eigenvalue weighted by molar-refractivity contribution is 7.85. The van der Waals surface area contributed by atoms with Crippen molar-refractivity contribution < 1.29 is 54.6 Å². The van der Waals surface area contributed by atoms with Crippen molar-refractivity contribution in [3.8, 4) is 6.07 Å². The minimum Gasteiger partial charge on any atom is -0.385 e. The summed E-state index contributed by atoms with van der Waals surface area (Å²) >= 11 is 0. The zero-order valence-corrected chi connectivity index (χ0v) is 55.7. The number of ether oxygens (including phenoxy) is 5. The van der Waals surface area contributed by atoms with Crippen LogP contribution in [0.5, 0.6) is 0 Å². The van der Waals surface area contributed by atoms with Crippen LogP contribution in [0.4, 0.5) is 13.2 Å². The summed E-state index contributed by atoms with van der Waals surface area (Å²) in [5, 5.41) is 10.3. The molecule has 0 aliphatic rings. The molecule has 0 aliphatic carbocycles. The summed E-state index contributed by atoms with van der Waals surface area (Å²) in [5.41, 5.74) is 1.96. The van der Waals surface area contributed by atoms with Crippen LogP contribution in [0, 0.1) is 22.7 Å². The first-order valence-electron chi connectivity index (χ1n) is 28.6. The molecule has 0 heterocycles. The summed E-state index contributed by atoms with van der Waals surface area (Å²) in [6.07, 6.45) is 12.9. The van der Waals surface area contributed by atoms with Crippen LogP contribution in [0.1, 0.15) is 256 Å². The zero-order chi connectivity index (χ0) is 62.0. The van der Waals surface area contributed by atoms with E-state index in [4.69, 9.17) is 33.5 Å². The van der Waals surface area contributed by atoms with Gasteiger partial charge in [-0.25, -0.2) is 0 Å². The molecule has 12 nitrogen and oxygen atoms in total. The molecule has 0 bridgehead atoms. The zero-order valence-electron chi connectivity index (χ0n) is 54.9. The molecule has 0 saturated heterocycles. The van der Waals surface area contributed by atoms with E-state index in [1.165, 1.54) is 77.1 Å². The number of hydrogen-bond donors (Lipinski definition) is 2. The van der Waals surface area contributed by atoms with E-state index in [2.05, 4.69) is 134 Å². The lowest BCUT2D eigenvalue weighted by molar-refractivity contribution is -0.130. The van der Waals surface area contributed by atoms with Crippen LogP contribution in [0.3, 0.4) is 0 Å². The predicted octanol–water partition coefficient (Wildman–Crippen LogP) is 18.0. The molecule has 0 fully saturated rings. The van der Waals surface area contributed by atoms with Gasteiger partial charge >= 0.3 is 6.18 Å². The first-order chi connectivity index (χ1) is 34.9. The lowest BCUT2D eigenvalue weighted by Gasteiger charge is -2.15. The number of hydrogen-bond acceptors (Lipinski definition) is 10. The van der Waals surface area contributed by atoms with E-state index in [-0.39, 0.29) is 18.0 Å². The topological polar surface area (TPSA) is 157 Å². The summed E-state index contributed by atoms with van der Waals surface area (Å²) in [4.78, 5) is 12.5. The van der Waals surface area contributed by atoms with E-state index >= 15 is 0 Å². The van der Waals surface area contributed by atoms with E-state index < -0.39 is 22.7 Å². The smallest absolute Gasteiger partial charge is 0.385 e. The van der Waals surface area contributed by atoms with Gasteiger partial charge in [0.05, 0.1) is 11.8 Å². The molecule has 0 aromatic heterocycles. The van der Waals surface area contributed by atoms with Crippen molar-refractivity contribution >= 4 is 16.0 Å². The van der Waals surface area contributed by atoms with E-state index in [0.29, 0.717) is 18.3 Å². The monoisotopic (exact) mass is 1120 g/mol. The lowest BCUT2D eigenvalue weighted by Crippen LogP contribution is -2.23. The Morgan fingerprint density at radius 2 is 1.12 bits per heavy atom. The first kappa shape index (κ1) is 102. The number of carbonyl (C=O) groups excluding carboxylic acids is 1. The number of nitrogens with zero attached hydrogens (tertiary/aromatic N) is 2. The molecule has 75 heavy (non-hydrogen) atoms. The van der Waals surface area contributed by atoms with E-state index in [1.54, 1.807) is 28.4 Å². The largest absolute Gasteiger partial charge is 0.388 e. The number of allylic oxidation sites excluding steroid dienone is 2. The average Bonchev–Trinajstić information content (AvgIpc) is 3.38. The molecular weight excluding hydrogens is 984 g/mol. The molecular formula is C59H134F3N3O9S. The van der Waals surface area contributed by atoms with Crippen LogP contribution in [0.25, 0.3) is 0 Å². The Bertz CT molecular complexity index is 1060. The maximum absolute atomic E-state index is 10.8. The molecule has 0 aliphatic heterocycles. The van der Waals surface area contributed by atoms with Crippen LogP contribution in [-0.2, 0) is 38.6 Å². The SMILES string of the molecule is CCC(=O)NC.CCC(C)(C)C.CCC(C)CC.CCC(F)(F)F.CCC=C(C)C.CCCC#N.CCCC(OC)OC.CCCCOCC.CCCN(CC)CC.CCCOC.CCCOCC.CCS(=O)(=O)O. The third kappa shape index (κ3) is 191. The van der Waals surface area contributed by atoms with Crippen LogP contribution in [-0.4, -0.2) is 123 Å². The molecule has 2 N–H and O–H groups in total. The van der Waals surface area contributed by atoms with Crippen molar-refractivity contribution in [1.82, 2.24) is 10.2 Å². The summed E-state index contributed by atoms with van der Waals surface area (Å²) in [7, 11) is 2.99. The Morgan fingerprint density at radius 1 is 0.707 bits per heavy atom. The van der Waals surface area contributed by atoms with Crippen LogP contribution >= 0.6 is 0 Å². The van der Waals surface area contributed by atoms with Crippen molar-refractivity contribution in [3.63, 3.8) is 0 Å². The van der Waals surface area contributed by atoms with Crippen molar-refractivity contribution in [3.05, 3.63) is 11.6 Å². The summed E-state index contributed by atoms with van der Waals surface area (Å²) in [6, 6.07) is 2.02. The molecule has 0 aromatic carbocycles. The maximum atomic E-state index is 10.8. The van der Waals surface area contributed by atoms with E-state index in [0.717, 1.165) is 78.0 Å². The molecule has 1 amide bonds. The Hall–Kier alpha value is -1.84. The van der Waals surface area contributed by atoms with Crippen molar-refractivity contribution in [2.45, 2.75) is 268 Å². The van der Waals surface area contributed by atoms with Gasteiger partial charge in [0.25, 0.3) is 10.1 Å². The second-order valence-electron chi connectivity index (χ2n) is 17.8. The molecule has 0 unspecified atom stereocenters. The fourth-order valence-corrected chi connectivity index (χ4v) is 3.29. The fourth-order valence-electron chi connectivity index (χ4n) is 3.29. The highest BCUT2D eigenvalue weighted by Crippen LogP contribution is 2.17. The van der Waals surface area contributed by atoms with E-state index in [1.807, 2.05) is 33.8 Å². The van der Waals surface area contributed by atoms with Gasteiger partial charge in [-0.15, -0.1) is 0 Å². The van der Waals surface area contributed by atoms with Gasteiger partial charge in [0, 0.05) is 80.7 Å². The maximum Gasteiger partial charge on any atom is 0.388 e. The van der Waals surface area contributed by atoms with Crippen molar-refractivity contribution in [2.24, 2.45) is 11.3 Å². The lowest BCUT2D eigenvalue weighted by atomic mass is 9.94. The van der Waals surface area contributed by atoms with Gasteiger partial charge in [-0.3, -0.25) is 9.35 Å². The molecule has 0 radical (unpaired) electrons. The van der Waals surface area contributed by atoms with Gasteiger partial charge in [-0.1, -0.05) is 168 Å². The number of rotatable bonds is 23. The van der Waals surface area contributed by atoms with Crippen molar-refractivity contribution in [1.29, 1.82) is 5.26 Å². The second-order valence-corrected chi connectivity index (χ2v) is 19.5. The molecule has 0 spiro atoms. The minimum atomic E-state index is -3.96. The number of carbonyl (C=O) groups is 1. The third-order valence-corrected chi connectivity index (χ3v) is 9.82. The van der Waals surface area contributed by atoms with Gasteiger partial charge in [0.15, 0.2) is 6.29 Å². The summed E-state index contributed by atoms with van der Waals surface area (Å²) < 4.78 is 83.8. The average molecular weight is 1120 g/mol. The van der Waals surface area contributed by atoms with Gasteiger partial charge in [-0.2, -0.15) is 26.9 Å². The Balaban J connectivity index is -0.0000000579. The van der Waals surface area contributed by atoms with E-state index in [9.17, 15) is 26.4 Å². The first-order valence-corrected chi connectivity index (χ1v) is 30.2. The minimum absolute atomic E-state index is 0.000000000000000444. The highest BCUT2D eigenvalue weighted by Gasteiger charge is 2.22. The number of unbranched alkanes of at least 4 members (excludes halogenated alkanes) is 2. The van der Waals surface area contributed by atoms with Crippen LogP contribution < -0.4 is 5.32 Å². The second kappa shape index (κ2) is 91.6. The standard InChI is InChI=1S/C7H17N.C6H14O2.C6H14O.C6H14.C6H12.C6H14.C5H12O.C4H9NO.C4H7N.C4H10O.C3H5F3.C2H6O3S/c1-4-7-8(5-2)6-3;1-4-5-6(7-2)8-3;1-3-5-6-7-4-2;1-5-6(2,3)4;1-4-5-6(2)3;1-4-6(3)5-2;1-3-5-6-4-2;1-3-4(6)5-2;1-2-3-4-5;1-3-4-5-2;1-2-3(4,5)6;1-2-6(3,4)5/h4-7H2,1-3H3;6H,4-5H2,1-3H3;3-6H2,1-2H3;5H2,1-4H3;5H,4H2,1-3H3;6H,4-5H2,1-3H3;3-5H2,1-2H3;3H2,1-2H3,(H,5,6);2-3H2,1H3;3-4H2,1-2H3;2H2,1H3;2H2,1H3,(H,3,4,5). The summed E-state index contributed by atoms with van der Waals surface area (Å²) in [5.74, 6) is 0.826. The molecule has 466 valence electrons. The molecule has 0 atom stereocenters. The molecule has 0 rings (SSSR count). The number of nitrogens with one attached hydrogen (secondary N) is 1. The van der Waals surface area contributed by atoms with Crippen LogP contribution in [0.2, 0.25) is 0 Å². The third-order valence-electron chi connectivity index (χ3n) is 9.09. The number of nitriles is 1.